The highest BCUT2D eigenvalue weighted by Crippen LogP contribution is 2.27. The Morgan fingerprint density at radius 2 is 1.78 bits per heavy atom. The van der Waals surface area contributed by atoms with Gasteiger partial charge >= 0.3 is 5.97 Å². The van der Waals surface area contributed by atoms with E-state index in [-0.39, 0.29) is 24.5 Å². The van der Waals surface area contributed by atoms with E-state index in [2.05, 4.69) is 30.8 Å². The number of fused-ring (bicyclic) bond motifs is 1. The Bertz CT molecular complexity index is 679. The third-order valence-electron chi connectivity index (χ3n) is 3.88. The fourth-order valence-electron chi connectivity index (χ4n) is 2.39. The van der Waals surface area contributed by atoms with E-state index < -0.39 is 5.60 Å². The Labute approximate surface area is 144 Å². The van der Waals surface area contributed by atoms with Gasteiger partial charge in [-0.25, -0.2) is 4.79 Å². The molecule has 0 saturated heterocycles. The maximum absolute atomic E-state index is 11.8. The molecular formula is C19H26ClNO2. The van der Waals surface area contributed by atoms with Crippen LogP contribution < -0.4 is 6.15 Å². The zero-order valence-corrected chi connectivity index (χ0v) is 14.9. The largest absolute Gasteiger partial charge is 0.456 e. The Morgan fingerprint density at radius 1 is 1.17 bits per heavy atom. The molecule has 4 heteroatoms. The van der Waals surface area contributed by atoms with Crippen LogP contribution in [0.2, 0.25) is 0 Å². The molecule has 0 aliphatic rings. The highest BCUT2D eigenvalue weighted by atomic mass is 35.5. The molecule has 0 radical (unpaired) electrons. The van der Waals surface area contributed by atoms with Gasteiger partial charge in [0.05, 0.1) is 0 Å². The molecule has 0 aliphatic heterocycles. The van der Waals surface area contributed by atoms with Crippen molar-refractivity contribution in [2.45, 2.75) is 39.2 Å². The summed E-state index contributed by atoms with van der Waals surface area (Å²) in [6.45, 7) is 9.35. The first kappa shape index (κ1) is 21.2. The molecule has 0 fully saturated rings. The molecule has 0 bridgehead atoms. The Morgan fingerprint density at radius 3 is 2.39 bits per heavy atom. The van der Waals surface area contributed by atoms with Crippen molar-refractivity contribution in [2.75, 3.05) is 0 Å². The fourth-order valence-corrected chi connectivity index (χ4v) is 2.39. The summed E-state index contributed by atoms with van der Waals surface area (Å²) in [4.78, 5) is 11.8. The fraction of sp³-hybridized carbons (Fsp3) is 0.316. The van der Waals surface area contributed by atoms with Crippen molar-refractivity contribution in [3.8, 4) is 0 Å². The van der Waals surface area contributed by atoms with Crippen molar-refractivity contribution in [2.24, 2.45) is 0 Å². The van der Waals surface area contributed by atoms with E-state index in [9.17, 15) is 4.79 Å². The molecule has 0 saturated carbocycles. The van der Waals surface area contributed by atoms with Crippen molar-refractivity contribution in [3.05, 3.63) is 60.2 Å². The molecule has 126 valence electrons. The summed E-state index contributed by atoms with van der Waals surface area (Å²) < 4.78 is 5.66. The summed E-state index contributed by atoms with van der Waals surface area (Å²) in [5.74, 6) is -0.320. The van der Waals surface area contributed by atoms with Crippen molar-refractivity contribution >= 4 is 29.1 Å². The van der Waals surface area contributed by atoms with Crippen LogP contribution in [-0.4, -0.2) is 11.6 Å². The maximum Gasteiger partial charge on any atom is 0.333 e. The van der Waals surface area contributed by atoms with Gasteiger partial charge in [-0.2, -0.15) is 0 Å². The highest BCUT2D eigenvalue weighted by Gasteiger charge is 2.28. The average Bonchev–Trinajstić information content (AvgIpc) is 2.47. The maximum atomic E-state index is 11.8. The number of esters is 1. The van der Waals surface area contributed by atoms with Crippen molar-refractivity contribution in [1.82, 2.24) is 6.15 Å². The number of benzene rings is 2. The minimum absolute atomic E-state index is 0. The van der Waals surface area contributed by atoms with Gasteiger partial charge in [-0.1, -0.05) is 56.0 Å². The van der Waals surface area contributed by atoms with E-state index in [4.69, 9.17) is 4.74 Å². The zero-order chi connectivity index (χ0) is 15.5. The number of hydrogen-bond acceptors (Lipinski definition) is 3. The first-order valence-electron chi connectivity index (χ1n) is 7.31. The highest BCUT2D eigenvalue weighted by molar-refractivity contribution is 5.88. The van der Waals surface area contributed by atoms with E-state index >= 15 is 0 Å². The standard InChI is InChI=1S/C19H22O2.ClH.H3N/c1-5-19(4,21-18(20)14(2)3)13-16-11-8-10-15-9-6-7-12-17(15)16;;/h6-12H,2,5,13H2,1,3-4H3;1H;1H3. The van der Waals surface area contributed by atoms with Gasteiger partial charge in [-0.05, 0) is 36.6 Å². The van der Waals surface area contributed by atoms with Crippen LogP contribution in [0.5, 0.6) is 0 Å². The number of hydrogen-bond donors (Lipinski definition) is 1. The molecule has 1 atom stereocenters. The summed E-state index contributed by atoms with van der Waals surface area (Å²) >= 11 is 0. The van der Waals surface area contributed by atoms with Crippen molar-refractivity contribution < 1.29 is 9.53 Å². The van der Waals surface area contributed by atoms with Crippen molar-refractivity contribution in [3.63, 3.8) is 0 Å². The SMILES string of the molecule is C=C(C)C(=O)OC(C)(CC)Cc1cccc2ccccc12.Cl.N. The third kappa shape index (κ3) is 5.08. The summed E-state index contributed by atoms with van der Waals surface area (Å²) in [5.41, 5.74) is 1.12. The van der Waals surface area contributed by atoms with Gasteiger partial charge in [0, 0.05) is 12.0 Å². The lowest BCUT2D eigenvalue weighted by Gasteiger charge is -2.29. The molecule has 3 nitrogen and oxygen atoms in total. The molecule has 0 aromatic heterocycles. The second-order valence-corrected chi connectivity index (χ2v) is 5.79. The van der Waals surface area contributed by atoms with E-state index in [1.165, 1.54) is 16.3 Å². The molecule has 0 amide bonds. The van der Waals surface area contributed by atoms with Crippen LogP contribution in [0.1, 0.15) is 32.8 Å². The lowest BCUT2D eigenvalue weighted by Crippen LogP contribution is -2.33. The zero-order valence-electron chi connectivity index (χ0n) is 14.1. The van der Waals surface area contributed by atoms with Crippen LogP contribution in [0.25, 0.3) is 10.8 Å². The van der Waals surface area contributed by atoms with Gasteiger partial charge in [0.2, 0.25) is 0 Å². The van der Waals surface area contributed by atoms with E-state index in [1.54, 1.807) is 6.92 Å². The Kier molecular flexibility index (Phi) is 8.01. The first-order chi connectivity index (χ1) is 9.95. The summed E-state index contributed by atoms with van der Waals surface area (Å²) in [6.07, 6.45) is 1.46. The Balaban J connectivity index is 0.00000242. The van der Waals surface area contributed by atoms with Crippen LogP contribution in [-0.2, 0) is 16.0 Å². The molecule has 0 heterocycles. The number of ether oxygens (including phenoxy) is 1. The molecule has 0 spiro atoms. The lowest BCUT2D eigenvalue weighted by atomic mass is 9.90. The molecule has 2 rings (SSSR count). The van der Waals surface area contributed by atoms with Gasteiger partial charge in [-0.15, -0.1) is 12.4 Å². The van der Waals surface area contributed by atoms with E-state index in [1.807, 2.05) is 32.0 Å². The van der Waals surface area contributed by atoms with Crippen LogP contribution in [0.3, 0.4) is 0 Å². The quantitative estimate of drug-likeness (QED) is 0.599. The van der Waals surface area contributed by atoms with Gasteiger partial charge < -0.3 is 10.9 Å². The number of halogens is 1. The average molecular weight is 336 g/mol. The molecule has 1 unspecified atom stereocenters. The minimum Gasteiger partial charge on any atom is -0.456 e. The minimum atomic E-state index is -0.514. The van der Waals surface area contributed by atoms with Crippen LogP contribution in [0, 0.1) is 0 Å². The van der Waals surface area contributed by atoms with Gasteiger partial charge in [0.15, 0.2) is 0 Å². The second kappa shape index (κ2) is 8.70. The molecule has 23 heavy (non-hydrogen) atoms. The van der Waals surface area contributed by atoms with Gasteiger partial charge in [-0.3, -0.25) is 0 Å². The Hall–Kier alpha value is -1.84. The van der Waals surface area contributed by atoms with Crippen LogP contribution in [0.4, 0.5) is 0 Å². The monoisotopic (exact) mass is 335 g/mol. The normalized spacial score (nSPS) is 12.5. The van der Waals surface area contributed by atoms with Crippen LogP contribution in [0.15, 0.2) is 54.6 Å². The summed E-state index contributed by atoms with van der Waals surface area (Å²) in [6, 6.07) is 14.5. The second-order valence-electron chi connectivity index (χ2n) is 5.79. The topological polar surface area (TPSA) is 61.3 Å². The van der Waals surface area contributed by atoms with E-state index in [0.29, 0.717) is 12.0 Å². The molecule has 3 N–H and O–H groups in total. The number of carbonyl (C=O) groups excluding carboxylic acids is 1. The summed E-state index contributed by atoms with van der Waals surface area (Å²) in [7, 11) is 0. The van der Waals surface area contributed by atoms with Crippen LogP contribution >= 0.6 is 12.4 Å². The smallest absolute Gasteiger partial charge is 0.333 e. The van der Waals surface area contributed by atoms with Gasteiger partial charge in [0.25, 0.3) is 0 Å². The van der Waals surface area contributed by atoms with E-state index in [0.717, 1.165) is 6.42 Å². The first-order valence-corrected chi connectivity index (χ1v) is 7.31. The lowest BCUT2D eigenvalue weighted by molar-refractivity contribution is -0.153. The molecular weight excluding hydrogens is 310 g/mol. The van der Waals surface area contributed by atoms with Crippen molar-refractivity contribution in [1.29, 1.82) is 0 Å². The number of rotatable bonds is 5. The molecule has 2 aromatic carbocycles. The molecule has 0 aliphatic carbocycles. The molecule has 2 aromatic rings. The predicted octanol–water partition coefficient (Wildman–Crippen LogP) is 5.25. The third-order valence-corrected chi connectivity index (χ3v) is 3.88. The summed E-state index contributed by atoms with van der Waals surface area (Å²) in [5, 5.41) is 2.42. The number of carbonyl (C=O) groups is 1. The predicted molar refractivity (Wildman–Crippen MR) is 99.5 cm³/mol. The van der Waals surface area contributed by atoms with Gasteiger partial charge in [0.1, 0.15) is 5.60 Å².